The second-order valence-electron chi connectivity index (χ2n) is 4.12. The van der Waals surface area contributed by atoms with Crippen molar-refractivity contribution in [1.29, 1.82) is 0 Å². The maximum atomic E-state index is 10.0. The van der Waals surface area contributed by atoms with Crippen molar-refractivity contribution in [2.45, 2.75) is 25.7 Å². The molecule has 0 spiro atoms. The molecule has 5 nitrogen and oxygen atoms in total. The number of ether oxygens (including phenoxy) is 3. The molecule has 0 amide bonds. The van der Waals surface area contributed by atoms with Crippen LogP contribution in [0.4, 0.5) is 0 Å². The molecule has 1 aliphatic rings. The van der Waals surface area contributed by atoms with Crippen molar-refractivity contribution >= 4 is 0 Å². The van der Waals surface area contributed by atoms with Crippen molar-refractivity contribution in [3.63, 3.8) is 0 Å². The molecule has 2 rings (SSSR count). The zero-order chi connectivity index (χ0) is 12.4. The standard InChI is InChI=1S/C12H17NO4/c1-7(13)12(14)9-4-10-8(3-11(9)15-2)5-16-6-17-10/h3-4,7,12,14H,5-6,13H2,1-2H3. The lowest BCUT2D eigenvalue weighted by Gasteiger charge is -2.23. The molecule has 1 aromatic rings. The Morgan fingerprint density at radius 3 is 2.88 bits per heavy atom. The molecule has 0 saturated carbocycles. The van der Waals surface area contributed by atoms with Gasteiger partial charge in [-0.05, 0) is 19.1 Å². The Labute approximate surface area is 100 Å². The van der Waals surface area contributed by atoms with E-state index in [1.165, 1.54) is 0 Å². The van der Waals surface area contributed by atoms with Crippen LogP contribution in [0.3, 0.4) is 0 Å². The maximum absolute atomic E-state index is 10.0. The van der Waals surface area contributed by atoms with Crippen LogP contribution in [0, 0.1) is 0 Å². The lowest BCUT2D eigenvalue weighted by Crippen LogP contribution is -2.25. The SMILES string of the molecule is COc1cc2c(cc1C(O)C(C)N)OCOC2. The first-order valence-corrected chi connectivity index (χ1v) is 5.48. The minimum atomic E-state index is -0.776. The van der Waals surface area contributed by atoms with Gasteiger partial charge in [0.1, 0.15) is 11.5 Å². The van der Waals surface area contributed by atoms with Crippen LogP contribution in [0.5, 0.6) is 11.5 Å². The highest BCUT2D eigenvalue weighted by molar-refractivity contribution is 5.48. The maximum Gasteiger partial charge on any atom is 0.189 e. The van der Waals surface area contributed by atoms with E-state index in [1.54, 1.807) is 20.1 Å². The van der Waals surface area contributed by atoms with Crippen molar-refractivity contribution < 1.29 is 19.3 Å². The minimum Gasteiger partial charge on any atom is -0.496 e. The van der Waals surface area contributed by atoms with E-state index in [4.69, 9.17) is 19.9 Å². The predicted octanol–water partition coefficient (Wildman–Crippen LogP) is 0.942. The molecule has 2 unspecified atom stereocenters. The topological polar surface area (TPSA) is 73.9 Å². The smallest absolute Gasteiger partial charge is 0.189 e. The number of benzene rings is 1. The third-order valence-electron chi connectivity index (χ3n) is 2.78. The fourth-order valence-corrected chi connectivity index (χ4v) is 1.81. The summed E-state index contributed by atoms with van der Waals surface area (Å²) in [5.74, 6) is 1.31. The van der Waals surface area contributed by atoms with Gasteiger partial charge >= 0.3 is 0 Å². The molecule has 94 valence electrons. The van der Waals surface area contributed by atoms with E-state index in [2.05, 4.69) is 0 Å². The molecule has 0 aliphatic carbocycles. The number of hydrogen-bond acceptors (Lipinski definition) is 5. The summed E-state index contributed by atoms with van der Waals surface area (Å²) in [6, 6.07) is 3.21. The second kappa shape index (κ2) is 4.91. The highest BCUT2D eigenvalue weighted by Gasteiger charge is 2.21. The summed E-state index contributed by atoms with van der Waals surface area (Å²) < 4.78 is 15.8. The highest BCUT2D eigenvalue weighted by atomic mass is 16.7. The molecule has 0 fully saturated rings. The average Bonchev–Trinajstić information content (AvgIpc) is 2.36. The summed E-state index contributed by atoms with van der Waals surface area (Å²) in [5, 5.41) is 10.0. The van der Waals surface area contributed by atoms with Gasteiger partial charge in [-0.15, -0.1) is 0 Å². The van der Waals surface area contributed by atoms with Gasteiger partial charge in [-0.25, -0.2) is 0 Å². The van der Waals surface area contributed by atoms with Crippen LogP contribution < -0.4 is 15.2 Å². The van der Waals surface area contributed by atoms with Crippen molar-refractivity contribution in [3.8, 4) is 11.5 Å². The lowest BCUT2D eigenvalue weighted by atomic mass is 10.00. The lowest BCUT2D eigenvalue weighted by molar-refractivity contribution is -0.0167. The molecule has 1 heterocycles. The van der Waals surface area contributed by atoms with Gasteiger partial charge in [-0.3, -0.25) is 0 Å². The molecule has 17 heavy (non-hydrogen) atoms. The number of methoxy groups -OCH3 is 1. The van der Waals surface area contributed by atoms with E-state index in [0.717, 1.165) is 5.56 Å². The Balaban J connectivity index is 2.43. The highest BCUT2D eigenvalue weighted by Crippen LogP contribution is 2.35. The summed E-state index contributed by atoms with van der Waals surface area (Å²) in [6.07, 6.45) is -0.776. The summed E-state index contributed by atoms with van der Waals surface area (Å²) in [6.45, 7) is 2.46. The largest absolute Gasteiger partial charge is 0.496 e. The molecule has 1 aromatic carbocycles. The minimum absolute atomic E-state index is 0.229. The molecule has 0 saturated heterocycles. The summed E-state index contributed by atoms with van der Waals surface area (Å²) >= 11 is 0. The first kappa shape index (κ1) is 12.2. The molecule has 0 bridgehead atoms. The van der Waals surface area contributed by atoms with Gasteiger partial charge in [0.2, 0.25) is 0 Å². The second-order valence-corrected chi connectivity index (χ2v) is 4.12. The van der Waals surface area contributed by atoms with Gasteiger partial charge in [0, 0.05) is 17.2 Å². The van der Waals surface area contributed by atoms with Gasteiger partial charge in [0.25, 0.3) is 0 Å². The first-order valence-electron chi connectivity index (χ1n) is 5.48. The van der Waals surface area contributed by atoms with Gasteiger partial charge in [0.15, 0.2) is 6.79 Å². The number of fused-ring (bicyclic) bond motifs is 1. The van der Waals surface area contributed by atoms with E-state index in [1.807, 2.05) is 6.07 Å². The van der Waals surface area contributed by atoms with E-state index in [0.29, 0.717) is 23.7 Å². The van der Waals surface area contributed by atoms with Crippen LogP contribution in [0.15, 0.2) is 12.1 Å². The van der Waals surface area contributed by atoms with Crippen LogP contribution in [0.1, 0.15) is 24.2 Å². The Morgan fingerprint density at radius 1 is 1.47 bits per heavy atom. The molecule has 0 radical (unpaired) electrons. The molecule has 5 heteroatoms. The Hall–Kier alpha value is -1.30. The van der Waals surface area contributed by atoms with Crippen LogP contribution in [0.25, 0.3) is 0 Å². The predicted molar refractivity (Wildman–Crippen MR) is 61.9 cm³/mol. The number of hydrogen-bond donors (Lipinski definition) is 2. The van der Waals surface area contributed by atoms with Crippen LogP contribution >= 0.6 is 0 Å². The van der Waals surface area contributed by atoms with E-state index in [9.17, 15) is 5.11 Å². The van der Waals surface area contributed by atoms with Crippen molar-refractivity contribution in [2.75, 3.05) is 13.9 Å². The normalized spacial score (nSPS) is 17.9. The van der Waals surface area contributed by atoms with Crippen LogP contribution in [0.2, 0.25) is 0 Å². The van der Waals surface area contributed by atoms with Crippen molar-refractivity contribution in [1.82, 2.24) is 0 Å². The number of aliphatic hydroxyl groups excluding tert-OH is 1. The van der Waals surface area contributed by atoms with Gasteiger partial charge in [0.05, 0.1) is 19.8 Å². The molecule has 1 aliphatic heterocycles. The summed E-state index contributed by atoms with van der Waals surface area (Å²) in [5.41, 5.74) is 7.25. The van der Waals surface area contributed by atoms with E-state index < -0.39 is 6.10 Å². The number of nitrogens with two attached hydrogens (primary N) is 1. The van der Waals surface area contributed by atoms with Crippen molar-refractivity contribution in [3.05, 3.63) is 23.3 Å². The van der Waals surface area contributed by atoms with Gasteiger partial charge in [-0.1, -0.05) is 0 Å². The average molecular weight is 239 g/mol. The van der Waals surface area contributed by atoms with Gasteiger partial charge in [-0.2, -0.15) is 0 Å². The number of rotatable bonds is 3. The van der Waals surface area contributed by atoms with Gasteiger partial charge < -0.3 is 25.1 Å². The molecule has 0 aromatic heterocycles. The zero-order valence-electron chi connectivity index (χ0n) is 9.97. The van der Waals surface area contributed by atoms with Crippen LogP contribution in [-0.2, 0) is 11.3 Å². The molecule has 3 N–H and O–H groups in total. The van der Waals surface area contributed by atoms with Crippen molar-refractivity contribution in [2.24, 2.45) is 5.73 Å². The Morgan fingerprint density at radius 2 is 2.24 bits per heavy atom. The quantitative estimate of drug-likeness (QED) is 0.821. The fourth-order valence-electron chi connectivity index (χ4n) is 1.81. The molecule has 2 atom stereocenters. The summed E-state index contributed by atoms with van der Waals surface area (Å²) in [7, 11) is 1.56. The number of aliphatic hydroxyl groups is 1. The summed E-state index contributed by atoms with van der Waals surface area (Å²) in [4.78, 5) is 0. The monoisotopic (exact) mass is 239 g/mol. The Bertz CT molecular complexity index is 406. The van der Waals surface area contributed by atoms with Crippen LogP contribution in [-0.4, -0.2) is 25.1 Å². The first-order chi connectivity index (χ1) is 8.13. The van der Waals surface area contributed by atoms with E-state index >= 15 is 0 Å². The molecular weight excluding hydrogens is 222 g/mol. The Kier molecular flexibility index (Phi) is 3.51. The third kappa shape index (κ3) is 2.36. The molecular formula is C12H17NO4. The third-order valence-corrected chi connectivity index (χ3v) is 2.78. The zero-order valence-corrected chi connectivity index (χ0v) is 9.97. The fraction of sp³-hybridized carbons (Fsp3) is 0.500. The van der Waals surface area contributed by atoms with E-state index in [-0.39, 0.29) is 12.8 Å².